The summed E-state index contributed by atoms with van der Waals surface area (Å²) in [5.41, 5.74) is 3.56. The zero-order chi connectivity index (χ0) is 13.8. The molecule has 2 aromatic rings. The van der Waals surface area contributed by atoms with Crippen LogP contribution in [0.5, 0.6) is 5.88 Å². The van der Waals surface area contributed by atoms with E-state index in [4.69, 9.17) is 4.74 Å². The van der Waals surface area contributed by atoms with Crippen molar-refractivity contribution in [3.63, 3.8) is 0 Å². The molecule has 0 atom stereocenters. The van der Waals surface area contributed by atoms with Crippen molar-refractivity contribution in [2.24, 2.45) is 0 Å². The summed E-state index contributed by atoms with van der Waals surface area (Å²) < 4.78 is 5.37. The topological polar surface area (TPSA) is 59.1 Å². The van der Waals surface area contributed by atoms with Crippen LogP contribution in [-0.4, -0.2) is 23.1 Å². The normalized spacial score (nSPS) is 13.2. The van der Waals surface area contributed by atoms with E-state index in [-0.39, 0.29) is 0 Å². The second kappa shape index (κ2) is 5.77. The number of aromatic nitrogens is 2. The lowest BCUT2D eigenvalue weighted by Crippen LogP contribution is -2.11. The summed E-state index contributed by atoms with van der Waals surface area (Å²) in [4.78, 5) is 8.52. The van der Waals surface area contributed by atoms with Crippen molar-refractivity contribution in [2.45, 2.75) is 19.8 Å². The van der Waals surface area contributed by atoms with Crippen LogP contribution in [0.3, 0.4) is 0 Å². The van der Waals surface area contributed by atoms with Crippen LogP contribution >= 0.6 is 0 Å². The van der Waals surface area contributed by atoms with Crippen molar-refractivity contribution in [2.75, 3.05) is 23.8 Å². The number of benzene rings is 1. The fraction of sp³-hybridized carbons (Fsp3) is 0.333. The van der Waals surface area contributed by atoms with E-state index < -0.39 is 0 Å². The molecule has 0 aliphatic carbocycles. The van der Waals surface area contributed by atoms with Crippen molar-refractivity contribution < 1.29 is 4.74 Å². The molecule has 0 unspecified atom stereocenters. The summed E-state index contributed by atoms with van der Waals surface area (Å²) >= 11 is 0. The molecule has 0 saturated carbocycles. The van der Waals surface area contributed by atoms with Gasteiger partial charge in [-0.15, -0.1) is 0 Å². The highest BCUT2D eigenvalue weighted by Gasteiger charge is 2.09. The van der Waals surface area contributed by atoms with Crippen LogP contribution in [0.15, 0.2) is 30.5 Å². The van der Waals surface area contributed by atoms with E-state index in [1.807, 2.05) is 13.0 Å². The first kappa shape index (κ1) is 12.7. The molecule has 20 heavy (non-hydrogen) atoms. The predicted molar refractivity (Wildman–Crippen MR) is 79.7 cm³/mol. The Kier molecular flexibility index (Phi) is 3.67. The number of ether oxygens (including phenoxy) is 1. The highest BCUT2D eigenvalue weighted by Crippen LogP contribution is 2.26. The predicted octanol–water partition coefficient (Wildman–Crippen LogP) is 2.98. The number of rotatable bonds is 4. The third-order valence-electron chi connectivity index (χ3n) is 3.22. The van der Waals surface area contributed by atoms with Crippen LogP contribution in [-0.2, 0) is 6.42 Å². The number of anilines is 3. The number of aryl methyl sites for hydroxylation is 1. The van der Waals surface area contributed by atoms with Crippen LogP contribution < -0.4 is 15.4 Å². The molecule has 104 valence electrons. The molecule has 0 spiro atoms. The summed E-state index contributed by atoms with van der Waals surface area (Å²) in [7, 11) is 0. The van der Waals surface area contributed by atoms with Gasteiger partial charge >= 0.3 is 0 Å². The van der Waals surface area contributed by atoms with Gasteiger partial charge in [0.05, 0.1) is 6.61 Å². The summed E-state index contributed by atoms with van der Waals surface area (Å²) in [5, 5.41) is 6.62. The number of hydrogen-bond donors (Lipinski definition) is 2. The molecule has 1 aromatic heterocycles. The van der Waals surface area contributed by atoms with Crippen molar-refractivity contribution in [1.82, 2.24) is 9.97 Å². The van der Waals surface area contributed by atoms with Crippen LogP contribution in [0.25, 0.3) is 0 Å². The van der Waals surface area contributed by atoms with Gasteiger partial charge < -0.3 is 15.4 Å². The molecule has 0 radical (unpaired) electrons. The number of nitrogens with one attached hydrogen (secondary N) is 2. The van der Waals surface area contributed by atoms with E-state index in [1.165, 1.54) is 17.7 Å². The maximum Gasteiger partial charge on any atom is 0.230 e. The average molecular weight is 270 g/mol. The minimum Gasteiger partial charge on any atom is -0.478 e. The summed E-state index contributed by atoms with van der Waals surface area (Å²) in [6, 6.07) is 8.04. The van der Waals surface area contributed by atoms with Crippen molar-refractivity contribution in [1.29, 1.82) is 0 Å². The Morgan fingerprint density at radius 3 is 3.20 bits per heavy atom. The van der Waals surface area contributed by atoms with Gasteiger partial charge in [0.25, 0.3) is 0 Å². The van der Waals surface area contributed by atoms with Crippen molar-refractivity contribution in [3.8, 4) is 5.88 Å². The fourth-order valence-electron chi connectivity index (χ4n) is 2.31. The summed E-state index contributed by atoms with van der Waals surface area (Å²) in [6.45, 7) is 3.59. The van der Waals surface area contributed by atoms with Gasteiger partial charge in [-0.3, -0.25) is 0 Å². The van der Waals surface area contributed by atoms with Gasteiger partial charge in [-0.1, -0.05) is 0 Å². The second-order valence-corrected chi connectivity index (χ2v) is 4.68. The molecule has 1 aliphatic heterocycles. The minimum atomic E-state index is 0.555. The molecule has 2 heterocycles. The van der Waals surface area contributed by atoms with Crippen LogP contribution in [0.1, 0.15) is 18.9 Å². The molecule has 3 rings (SSSR count). The van der Waals surface area contributed by atoms with Gasteiger partial charge in [0.15, 0.2) is 0 Å². The minimum absolute atomic E-state index is 0.555. The molecule has 0 amide bonds. The molecular formula is C15H18N4O. The zero-order valence-electron chi connectivity index (χ0n) is 11.5. The Morgan fingerprint density at radius 1 is 1.35 bits per heavy atom. The largest absolute Gasteiger partial charge is 0.478 e. The molecular weight excluding hydrogens is 252 g/mol. The van der Waals surface area contributed by atoms with E-state index >= 15 is 0 Å². The van der Waals surface area contributed by atoms with Gasteiger partial charge in [-0.05, 0) is 43.5 Å². The van der Waals surface area contributed by atoms with E-state index in [0.717, 1.165) is 18.7 Å². The third-order valence-corrected chi connectivity index (χ3v) is 3.22. The summed E-state index contributed by atoms with van der Waals surface area (Å²) in [5.74, 6) is 1.14. The Labute approximate surface area is 118 Å². The molecule has 2 N–H and O–H groups in total. The second-order valence-electron chi connectivity index (χ2n) is 4.68. The first-order chi connectivity index (χ1) is 9.85. The summed E-state index contributed by atoms with van der Waals surface area (Å²) in [6.07, 6.45) is 3.98. The van der Waals surface area contributed by atoms with Gasteiger partial charge in [-0.25, -0.2) is 4.98 Å². The van der Waals surface area contributed by atoms with E-state index in [0.29, 0.717) is 18.4 Å². The standard InChI is InChI=1S/C15H18N4O/c1-2-20-14-7-9-17-15(19-14)18-12-5-6-13-11(10-12)4-3-8-16-13/h5-7,9-10,16H,2-4,8H2,1H3,(H,17,18,19). The number of fused-ring (bicyclic) bond motifs is 1. The molecule has 0 saturated heterocycles. The van der Waals surface area contributed by atoms with Gasteiger partial charge in [0.2, 0.25) is 11.8 Å². The molecule has 1 aromatic carbocycles. The average Bonchev–Trinajstić information content (AvgIpc) is 2.48. The lowest BCUT2D eigenvalue weighted by molar-refractivity contribution is 0.327. The lowest BCUT2D eigenvalue weighted by Gasteiger charge is -2.18. The van der Waals surface area contributed by atoms with Gasteiger partial charge in [-0.2, -0.15) is 4.98 Å². The van der Waals surface area contributed by atoms with Gasteiger partial charge in [0.1, 0.15) is 0 Å². The Hall–Kier alpha value is -2.30. The third kappa shape index (κ3) is 2.82. The van der Waals surface area contributed by atoms with Crippen molar-refractivity contribution in [3.05, 3.63) is 36.0 Å². The zero-order valence-corrected chi connectivity index (χ0v) is 11.5. The maximum absolute atomic E-state index is 5.37. The fourth-order valence-corrected chi connectivity index (χ4v) is 2.31. The highest BCUT2D eigenvalue weighted by molar-refractivity contribution is 5.63. The number of nitrogens with zero attached hydrogens (tertiary/aromatic N) is 2. The van der Waals surface area contributed by atoms with Crippen LogP contribution in [0.2, 0.25) is 0 Å². The Morgan fingerprint density at radius 2 is 2.30 bits per heavy atom. The first-order valence-electron chi connectivity index (χ1n) is 6.95. The molecule has 1 aliphatic rings. The molecule has 5 heteroatoms. The molecule has 0 bridgehead atoms. The van der Waals surface area contributed by atoms with E-state index in [2.05, 4.69) is 32.7 Å². The van der Waals surface area contributed by atoms with E-state index in [9.17, 15) is 0 Å². The maximum atomic E-state index is 5.37. The number of hydrogen-bond acceptors (Lipinski definition) is 5. The molecule has 5 nitrogen and oxygen atoms in total. The monoisotopic (exact) mass is 270 g/mol. The smallest absolute Gasteiger partial charge is 0.230 e. The van der Waals surface area contributed by atoms with Gasteiger partial charge in [0, 0.05) is 30.2 Å². The Bertz CT molecular complexity index is 600. The Balaban J connectivity index is 1.78. The quantitative estimate of drug-likeness (QED) is 0.894. The van der Waals surface area contributed by atoms with Crippen LogP contribution in [0.4, 0.5) is 17.3 Å². The van der Waals surface area contributed by atoms with Crippen LogP contribution in [0, 0.1) is 0 Å². The van der Waals surface area contributed by atoms with Crippen molar-refractivity contribution >= 4 is 17.3 Å². The lowest BCUT2D eigenvalue weighted by atomic mass is 10.0. The highest BCUT2D eigenvalue weighted by atomic mass is 16.5. The van der Waals surface area contributed by atoms with E-state index in [1.54, 1.807) is 12.3 Å². The SMILES string of the molecule is CCOc1ccnc(Nc2ccc3c(c2)CCCN3)n1. The molecule has 0 fully saturated rings. The first-order valence-corrected chi connectivity index (χ1v) is 6.95.